The molecule has 0 spiro atoms. The Kier molecular flexibility index (Phi) is 2.22. The van der Waals surface area contributed by atoms with Crippen molar-refractivity contribution in [2.24, 2.45) is 0 Å². The van der Waals surface area contributed by atoms with Crippen molar-refractivity contribution < 1.29 is 0 Å². The van der Waals surface area contributed by atoms with Gasteiger partial charge in [-0.3, -0.25) is 4.98 Å². The number of hydrogen-bond acceptors (Lipinski definition) is 3. The van der Waals surface area contributed by atoms with Gasteiger partial charge in [0, 0.05) is 18.3 Å². The highest BCUT2D eigenvalue weighted by Gasteiger charge is 2.23. The minimum atomic E-state index is 0.427. The second-order valence-corrected chi connectivity index (χ2v) is 5.18. The number of fused-ring (bicyclic) bond motifs is 1. The van der Waals surface area contributed by atoms with Crippen LogP contribution >= 0.6 is 11.3 Å². The normalized spacial score (nSPS) is 18.2. The van der Waals surface area contributed by atoms with Gasteiger partial charge in [0.2, 0.25) is 0 Å². The van der Waals surface area contributed by atoms with Crippen LogP contribution in [0, 0.1) is 0 Å². The molecule has 1 fully saturated rings. The summed E-state index contributed by atoms with van der Waals surface area (Å²) in [5, 5.41) is 5.69. The topological polar surface area (TPSA) is 24.9 Å². The van der Waals surface area contributed by atoms with E-state index in [0.29, 0.717) is 6.04 Å². The molecular formula is C12H14N2S. The van der Waals surface area contributed by atoms with Crippen LogP contribution in [-0.4, -0.2) is 11.0 Å². The Labute approximate surface area is 93.3 Å². The van der Waals surface area contributed by atoms with Gasteiger partial charge in [-0.1, -0.05) is 0 Å². The van der Waals surface area contributed by atoms with Gasteiger partial charge < -0.3 is 5.32 Å². The number of pyridine rings is 1. The number of nitrogens with zero attached hydrogens (tertiary/aromatic N) is 1. The van der Waals surface area contributed by atoms with E-state index in [1.165, 1.54) is 23.1 Å². The van der Waals surface area contributed by atoms with Gasteiger partial charge in [-0.2, -0.15) is 0 Å². The third-order valence-electron chi connectivity index (χ3n) is 2.89. The summed E-state index contributed by atoms with van der Waals surface area (Å²) in [5.74, 6) is 0. The minimum Gasteiger partial charge on any atom is -0.307 e. The molecule has 3 rings (SSSR count). The van der Waals surface area contributed by atoms with E-state index in [0.717, 1.165) is 11.6 Å². The predicted octanol–water partition coefficient (Wildman–Crippen LogP) is 3.11. The fourth-order valence-corrected chi connectivity index (χ4v) is 2.59. The van der Waals surface area contributed by atoms with Crippen LogP contribution < -0.4 is 5.32 Å². The van der Waals surface area contributed by atoms with Gasteiger partial charge in [0.1, 0.15) is 0 Å². The number of nitrogens with one attached hydrogen (secondary N) is 1. The summed E-state index contributed by atoms with van der Waals surface area (Å²) in [4.78, 5) is 4.46. The van der Waals surface area contributed by atoms with E-state index < -0.39 is 0 Å². The van der Waals surface area contributed by atoms with Gasteiger partial charge in [0.25, 0.3) is 0 Å². The smallest absolute Gasteiger partial charge is 0.0809 e. The first-order valence-electron chi connectivity index (χ1n) is 5.42. The van der Waals surface area contributed by atoms with E-state index in [2.05, 4.69) is 34.7 Å². The fraction of sp³-hybridized carbons (Fsp3) is 0.417. The molecule has 1 atom stereocenters. The molecule has 0 bridgehead atoms. The van der Waals surface area contributed by atoms with Crippen molar-refractivity contribution in [2.75, 3.05) is 0 Å². The highest BCUT2D eigenvalue weighted by atomic mass is 32.1. The Balaban J connectivity index is 1.88. The van der Waals surface area contributed by atoms with Crippen LogP contribution in [0.25, 0.3) is 10.2 Å². The van der Waals surface area contributed by atoms with Gasteiger partial charge in [0.15, 0.2) is 0 Å². The maximum absolute atomic E-state index is 4.46. The number of aromatic nitrogens is 1. The SMILES string of the molecule is CC(NC1CC1)c1cnc2ccsc2c1. The molecule has 0 aromatic carbocycles. The molecule has 1 aliphatic rings. The molecule has 3 heteroatoms. The minimum absolute atomic E-state index is 0.427. The summed E-state index contributed by atoms with van der Waals surface area (Å²) < 4.78 is 1.29. The van der Waals surface area contributed by atoms with Crippen molar-refractivity contribution in [3.8, 4) is 0 Å². The largest absolute Gasteiger partial charge is 0.307 e. The summed E-state index contributed by atoms with van der Waals surface area (Å²) in [6, 6.07) is 5.51. The molecule has 1 aliphatic carbocycles. The number of thiophene rings is 1. The molecule has 2 aromatic rings. The van der Waals surface area contributed by atoms with Gasteiger partial charge in [0.05, 0.1) is 10.2 Å². The summed E-state index contributed by atoms with van der Waals surface area (Å²) in [5.41, 5.74) is 2.42. The molecule has 1 unspecified atom stereocenters. The zero-order valence-corrected chi connectivity index (χ0v) is 9.55. The zero-order chi connectivity index (χ0) is 10.3. The van der Waals surface area contributed by atoms with E-state index in [-0.39, 0.29) is 0 Å². The molecule has 1 saturated carbocycles. The van der Waals surface area contributed by atoms with Crippen LogP contribution in [0.15, 0.2) is 23.7 Å². The van der Waals surface area contributed by atoms with Crippen molar-refractivity contribution in [1.29, 1.82) is 0 Å². The number of rotatable bonds is 3. The van der Waals surface area contributed by atoms with Crippen molar-refractivity contribution in [3.63, 3.8) is 0 Å². The van der Waals surface area contributed by atoms with Crippen LogP contribution in [0.4, 0.5) is 0 Å². The average molecular weight is 218 g/mol. The van der Waals surface area contributed by atoms with Crippen LogP contribution in [0.5, 0.6) is 0 Å². The summed E-state index contributed by atoms with van der Waals surface area (Å²) in [6.07, 6.45) is 4.66. The van der Waals surface area contributed by atoms with E-state index in [1.54, 1.807) is 11.3 Å². The van der Waals surface area contributed by atoms with Gasteiger partial charge in [-0.05, 0) is 42.8 Å². The highest BCUT2D eigenvalue weighted by molar-refractivity contribution is 7.17. The second-order valence-electron chi connectivity index (χ2n) is 4.24. The van der Waals surface area contributed by atoms with E-state index in [4.69, 9.17) is 0 Å². The third kappa shape index (κ3) is 1.90. The maximum atomic E-state index is 4.46. The molecular weight excluding hydrogens is 204 g/mol. The van der Waals surface area contributed by atoms with Gasteiger partial charge in [-0.25, -0.2) is 0 Å². The zero-order valence-electron chi connectivity index (χ0n) is 8.73. The van der Waals surface area contributed by atoms with Crippen molar-refractivity contribution in [1.82, 2.24) is 10.3 Å². The first kappa shape index (κ1) is 9.31. The Bertz CT molecular complexity index is 473. The summed E-state index contributed by atoms with van der Waals surface area (Å²) in [6.45, 7) is 2.22. The van der Waals surface area contributed by atoms with Crippen molar-refractivity contribution >= 4 is 21.6 Å². The van der Waals surface area contributed by atoms with E-state index in [9.17, 15) is 0 Å². The Morgan fingerprint density at radius 3 is 3.20 bits per heavy atom. The van der Waals surface area contributed by atoms with Crippen LogP contribution in [-0.2, 0) is 0 Å². The molecule has 0 radical (unpaired) electrons. The van der Waals surface area contributed by atoms with Crippen molar-refractivity contribution in [2.45, 2.75) is 31.8 Å². The maximum Gasteiger partial charge on any atom is 0.0809 e. The lowest BCUT2D eigenvalue weighted by Gasteiger charge is -2.12. The monoisotopic (exact) mass is 218 g/mol. The fourth-order valence-electron chi connectivity index (χ4n) is 1.80. The molecule has 2 nitrogen and oxygen atoms in total. The molecule has 2 aromatic heterocycles. The Morgan fingerprint density at radius 1 is 1.53 bits per heavy atom. The third-order valence-corrected chi connectivity index (χ3v) is 3.74. The molecule has 0 amide bonds. The lowest BCUT2D eigenvalue weighted by Crippen LogP contribution is -2.20. The average Bonchev–Trinajstić information content (AvgIpc) is 2.94. The first-order valence-corrected chi connectivity index (χ1v) is 6.30. The van der Waals surface area contributed by atoms with Gasteiger partial charge in [-0.15, -0.1) is 11.3 Å². The lowest BCUT2D eigenvalue weighted by molar-refractivity contribution is 0.570. The highest BCUT2D eigenvalue weighted by Crippen LogP contribution is 2.26. The van der Waals surface area contributed by atoms with E-state index in [1.807, 2.05) is 6.20 Å². The predicted molar refractivity (Wildman–Crippen MR) is 64.2 cm³/mol. The quantitative estimate of drug-likeness (QED) is 0.856. The van der Waals surface area contributed by atoms with E-state index >= 15 is 0 Å². The molecule has 2 heterocycles. The molecule has 0 saturated heterocycles. The summed E-state index contributed by atoms with van der Waals surface area (Å²) >= 11 is 1.76. The molecule has 78 valence electrons. The number of hydrogen-bond donors (Lipinski definition) is 1. The molecule has 0 aliphatic heterocycles. The van der Waals surface area contributed by atoms with Crippen molar-refractivity contribution in [3.05, 3.63) is 29.3 Å². The molecule has 15 heavy (non-hydrogen) atoms. The van der Waals surface area contributed by atoms with Gasteiger partial charge >= 0.3 is 0 Å². The molecule has 1 N–H and O–H groups in total. The van der Waals surface area contributed by atoms with Crippen LogP contribution in [0.1, 0.15) is 31.4 Å². The lowest BCUT2D eigenvalue weighted by atomic mass is 10.1. The van der Waals surface area contributed by atoms with Crippen LogP contribution in [0.2, 0.25) is 0 Å². The summed E-state index contributed by atoms with van der Waals surface area (Å²) in [7, 11) is 0. The van der Waals surface area contributed by atoms with Crippen LogP contribution in [0.3, 0.4) is 0 Å². The second kappa shape index (κ2) is 3.58. The first-order chi connectivity index (χ1) is 7.33. The Hall–Kier alpha value is -0.930. The standard InChI is InChI=1S/C12H14N2S/c1-8(14-10-2-3-10)9-6-12-11(13-7-9)4-5-15-12/h4-8,10,14H,2-3H2,1H3. The Morgan fingerprint density at radius 2 is 2.40 bits per heavy atom.